The van der Waals surface area contributed by atoms with Gasteiger partial charge in [-0.2, -0.15) is 0 Å². The van der Waals surface area contributed by atoms with Crippen LogP contribution in [-0.2, 0) is 109 Å². The number of ether oxygens (including phenoxy) is 21. The summed E-state index contributed by atoms with van der Waals surface area (Å²) >= 11 is 0. The van der Waals surface area contributed by atoms with Crippen LogP contribution in [0.1, 0.15) is 47.5 Å². The first kappa shape index (κ1) is 116. The Bertz CT molecular complexity index is 3620. The van der Waals surface area contributed by atoms with E-state index in [-0.39, 0.29) is 0 Å². The van der Waals surface area contributed by atoms with Crippen LogP contribution in [0.5, 0.6) is 0 Å². The van der Waals surface area contributed by atoms with E-state index >= 15 is 0 Å². The number of rotatable bonds is 42. The second-order valence-electron chi connectivity index (χ2n) is 36.0. The van der Waals surface area contributed by atoms with Gasteiger partial charge in [0.05, 0.1) is 134 Å². The molecular formula is C79H140N4O54. The Morgan fingerprint density at radius 2 is 0.693 bits per heavy atom. The summed E-state index contributed by atoms with van der Waals surface area (Å²) in [4.78, 5) is 27.1. The van der Waals surface area contributed by atoms with Crippen molar-refractivity contribution >= 4 is 11.8 Å². The summed E-state index contributed by atoms with van der Waals surface area (Å²) < 4.78 is 127. The fourth-order valence-corrected chi connectivity index (χ4v) is 17.7. The molecule has 10 saturated heterocycles. The number of carbonyl (C=O) groups excluding carboxylic acids is 2. The Hall–Kier alpha value is -3.22. The molecule has 21 unspecified atom stereocenters. The van der Waals surface area contributed by atoms with Crippen molar-refractivity contribution in [3.05, 3.63) is 0 Å². The minimum absolute atomic E-state index is 0.769. The van der Waals surface area contributed by atoms with Gasteiger partial charge in [-0.1, -0.05) is 27.7 Å². The molecule has 0 saturated carbocycles. The summed E-state index contributed by atoms with van der Waals surface area (Å²) in [6, 6.07) is -3.01. The van der Waals surface area contributed by atoms with Gasteiger partial charge in [0.15, 0.2) is 56.6 Å². The molecule has 0 spiro atoms. The van der Waals surface area contributed by atoms with Crippen LogP contribution in [0.3, 0.4) is 0 Å². The number of carbonyl (C=O) groups is 2. The molecule has 2 amide bonds. The molecule has 37 N–H and O–H groups in total. The fourth-order valence-electron chi connectivity index (χ4n) is 17.7. The quantitative estimate of drug-likeness (QED) is 0.0252. The van der Waals surface area contributed by atoms with E-state index < -0.39 is 446 Å². The number of likely N-dealkylation sites (N-methyl/N-ethyl adjacent to an activating group) is 2. The Labute approximate surface area is 781 Å². The first-order chi connectivity index (χ1) is 64.7. The highest BCUT2D eigenvalue weighted by Gasteiger charge is 2.63. The number of hydrogen-bond acceptors (Lipinski definition) is 56. The zero-order chi connectivity index (χ0) is 101. The van der Waals surface area contributed by atoms with Crippen LogP contribution in [0.4, 0.5) is 0 Å². The summed E-state index contributed by atoms with van der Waals surface area (Å²) in [5.41, 5.74) is 12.1. The van der Waals surface area contributed by atoms with Gasteiger partial charge in [-0.25, -0.2) is 0 Å². The van der Waals surface area contributed by atoms with Gasteiger partial charge in [0.2, 0.25) is 0 Å². The summed E-state index contributed by atoms with van der Waals surface area (Å²) in [7, 11) is 2.24. The topological polar surface area (TPSA) is 931 Å². The minimum Gasteiger partial charge on any atom is -0.394 e. The van der Waals surface area contributed by atoms with Gasteiger partial charge in [0.25, 0.3) is 23.4 Å². The molecule has 10 heterocycles. The predicted molar refractivity (Wildman–Crippen MR) is 433 cm³/mol. The van der Waals surface area contributed by atoms with Crippen LogP contribution in [-0.4, -0.2) is 582 Å². The van der Waals surface area contributed by atoms with Gasteiger partial charge in [0.1, 0.15) is 195 Å². The van der Waals surface area contributed by atoms with Gasteiger partial charge in [0, 0.05) is 50.6 Å². The zero-order valence-corrected chi connectivity index (χ0v) is 75.5. The molecule has 10 aliphatic rings. The van der Waals surface area contributed by atoms with Crippen molar-refractivity contribution in [2.75, 3.05) is 93.4 Å². The third kappa shape index (κ3) is 25.3. The van der Waals surface area contributed by atoms with Crippen LogP contribution in [0, 0.1) is 23.7 Å². The average Bonchev–Trinajstić information content (AvgIpc) is 0.768. The predicted octanol–water partition coefficient (Wildman–Crippen LogP) is -21.6. The normalized spacial score (nSPS) is 47.6. The molecule has 0 aromatic rings. The van der Waals surface area contributed by atoms with E-state index in [2.05, 4.69) is 10.6 Å². The Morgan fingerprint density at radius 1 is 0.358 bits per heavy atom. The largest absolute Gasteiger partial charge is 0.394 e. The lowest BCUT2D eigenvalue weighted by molar-refractivity contribution is -0.401. The molecule has 0 aromatic heterocycles. The van der Waals surface area contributed by atoms with E-state index in [0.29, 0.717) is 0 Å². The first-order valence-electron chi connectivity index (χ1n) is 44.8. The monoisotopic (exact) mass is 2010 g/mol. The molecule has 58 heteroatoms. The van der Waals surface area contributed by atoms with Crippen LogP contribution in [0.25, 0.3) is 0 Å². The highest BCUT2D eigenvalue weighted by molar-refractivity contribution is 5.84. The second-order valence-corrected chi connectivity index (χ2v) is 36.0. The van der Waals surface area contributed by atoms with Crippen molar-refractivity contribution in [1.29, 1.82) is 0 Å². The lowest BCUT2D eigenvalue weighted by atomic mass is 9.89. The maximum atomic E-state index is 13.6. The van der Waals surface area contributed by atoms with E-state index in [1.165, 1.54) is 27.7 Å². The fraction of sp³-hybridized carbons (Fsp3) is 0.975. The number of nitrogens with one attached hydrogen (secondary N) is 2. The van der Waals surface area contributed by atoms with Gasteiger partial charge < -0.3 is 280 Å². The van der Waals surface area contributed by atoms with Crippen molar-refractivity contribution < 1.29 is 267 Å². The Balaban J connectivity index is 0.899. The molecule has 800 valence electrons. The lowest BCUT2D eigenvalue weighted by Crippen LogP contribution is -2.68. The smallest absolute Gasteiger partial charge is 0.280 e. The highest BCUT2D eigenvalue weighted by Crippen LogP contribution is 2.44. The van der Waals surface area contributed by atoms with Crippen LogP contribution in [0.2, 0.25) is 0 Å². The van der Waals surface area contributed by atoms with Crippen molar-refractivity contribution in [1.82, 2.24) is 10.6 Å². The van der Waals surface area contributed by atoms with Crippen LogP contribution in [0.15, 0.2) is 0 Å². The van der Waals surface area contributed by atoms with E-state index in [9.17, 15) is 168 Å². The second kappa shape index (κ2) is 50.5. The van der Waals surface area contributed by atoms with Crippen molar-refractivity contribution in [2.24, 2.45) is 35.1 Å². The van der Waals surface area contributed by atoms with E-state index in [1.54, 1.807) is 0 Å². The lowest BCUT2D eigenvalue weighted by Gasteiger charge is -2.51. The first-order valence-corrected chi connectivity index (χ1v) is 44.8. The number of nitrogens with two attached hydrogens (primary N) is 2. The molecule has 10 rings (SSSR count). The minimum atomic E-state index is -2.63. The molecule has 10 fully saturated rings. The summed E-state index contributed by atoms with van der Waals surface area (Å²) in [6.07, 6.45) is -95.9. The number of aliphatic hydroxyl groups is 31. The summed E-state index contributed by atoms with van der Waals surface area (Å²) in [6.45, 7) is -6.41. The van der Waals surface area contributed by atoms with Gasteiger partial charge in [-0.15, -0.1) is 0 Å². The maximum Gasteiger partial charge on any atom is 0.280 e. The zero-order valence-electron chi connectivity index (χ0n) is 75.5. The maximum absolute atomic E-state index is 13.6. The van der Waals surface area contributed by atoms with Gasteiger partial charge in [-0.3, -0.25) is 9.59 Å². The molecular weight excluding hydrogens is 1870 g/mol. The van der Waals surface area contributed by atoms with Gasteiger partial charge in [-0.05, 0) is 6.92 Å². The third-order valence-corrected chi connectivity index (χ3v) is 26.7. The number of aliphatic hydroxyl groups excluding tert-OH is 31. The number of amides is 2. The standard InChI is InChI=1S/C79H140N4O54/c1-22-43(98)59(33(14-88)120-67(22)114)130-69-24(3)45(100)62(36(17-91)124-69)133-74-58(113)65(134-75-66(55(110)49(104)32(13-87)122-75)135-70-25(4)46(101)61(35(16-90)125-70)132-73-57(112)54(109)51(106)40(129-73)21-119-79(77(116)83-7)9-28(95)42(81)64(137-79)48(103)30(97)11-85)52(107)38(127-74)19-117-71(121-31(12-86)26(5)93)37(18-92)126-68-23(2)44(99)60(34(15-89)123-68)131-72-56(111)53(108)50(105)39(128-72)20-118-78(76(115)82-6)8-27(94)41(80)63(136-78)47(102)29(96)10-84/h22-75,84-114H,8-21,80-81H2,1-7H3,(H,82,115)(H,83,116)/t22-,23?,24-,25-,26-,27+,28+,29?,30?,31?,32+,33?,34-,35?,36?,37+,38?,39?,40?,41+,42+,43?,44?,45?,46?,47+,48+,49+,50-,51-,52+,53?,54?,55?,56-,57-,58+,59+,60+,61+,62+,63?,64?,65?,66?,67+,68-,69-,70-,71-,72-,73-,74-,75+,78+,79+/m0/s1. The summed E-state index contributed by atoms with van der Waals surface area (Å²) in [5.74, 6) is -12.8. The summed E-state index contributed by atoms with van der Waals surface area (Å²) in [5, 5.41) is 349. The highest BCUT2D eigenvalue weighted by atomic mass is 16.8. The third-order valence-electron chi connectivity index (χ3n) is 26.7. The molecule has 137 heavy (non-hydrogen) atoms. The molecule has 0 radical (unpaired) electrons. The van der Waals surface area contributed by atoms with Gasteiger partial charge >= 0.3 is 0 Å². The number of hydrogen-bond donors (Lipinski definition) is 35. The molecule has 0 aromatic carbocycles. The Kier molecular flexibility index (Phi) is 42.6. The van der Waals surface area contributed by atoms with Crippen molar-refractivity contribution in [3.63, 3.8) is 0 Å². The van der Waals surface area contributed by atoms with Crippen LogP contribution < -0.4 is 22.1 Å². The van der Waals surface area contributed by atoms with Crippen molar-refractivity contribution in [2.45, 2.75) is 366 Å². The van der Waals surface area contributed by atoms with Crippen molar-refractivity contribution in [3.8, 4) is 0 Å². The average molecular weight is 2010 g/mol. The molecule has 0 aliphatic carbocycles. The van der Waals surface area contributed by atoms with E-state index in [0.717, 1.165) is 21.0 Å². The molecule has 58 nitrogen and oxygen atoms in total. The Morgan fingerprint density at radius 3 is 1.08 bits per heavy atom. The van der Waals surface area contributed by atoms with Crippen LogP contribution >= 0.6 is 0 Å². The molecule has 0 bridgehead atoms. The van der Waals surface area contributed by atoms with E-state index in [4.69, 9.17) is 111 Å². The van der Waals surface area contributed by atoms with E-state index in [1.807, 2.05) is 0 Å². The molecule has 10 aliphatic heterocycles. The SMILES string of the molecule is CNC(=O)[C@@]1(OCC2O[C@@H](O[C@@H]3C(CO)O[C@@H](OC4C(O)[C@H](O)[C@@H](CO)O[C@@H]4OC4[C@H](O)C(CO[C@@H](OC(CO)[C@H](C)O)[C@@H](CO)O[C@@H]5O[C@@H](CO)[C@@H](O[C@@H]6OC(CO[C@]7(C(=O)NC)C[C@@H](O)[C@@H](N)C([C@H](O)C(O)CO)O7)[C@H](O)C(O)[C@@H]6O)C(O)C5C)O[C@@H](O[C@@H]5C(CO)O[C@@H](O[C@@H]6C(CO)O[C@@H](O)[C@@H](C)C6O)[C@@H](C)C5O)[C@@H]4O)[C@@H](C)C3O)[C@@H](O)C(O)[C@H]2O)C[C@@H](O)[C@@H](N)C([C@H](O)C(O)CO)O1. The molecule has 56 atom stereocenters.